The molecule has 3 aromatic heterocycles. The third-order valence-electron chi connectivity index (χ3n) is 4.40. The first-order valence-electron chi connectivity index (χ1n) is 8.52. The molecular weight excluding hydrogens is 330 g/mol. The number of carbonyl (C=O) groups excluding carboxylic acids is 1. The number of aromatic nitrogens is 4. The van der Waals surface area contributed by atoms with Crippen molar-refractivity contribution in [3.8, 4) is 5.88 Å². The molecule has 132 valence electrons. The van der Waals surface area contributed by atoms with Crippen LogP contribution in [0, 0.1) is 0 Å². The summed E-state index contributed by atoms with van der Waals surface area (Å²) in [5.41, 5.74) is 1.78. The van der Waals surface area contributed by atoms with Crippen LogP contribution >= 0.6 is 0 Å². The van der Waals surface area contributed by atoms with Crippen molar-refractivity contribution in [2.75, 3.05) is 13.2 Å². The van der Waals surface area contributed by atoms with Crippen LogP contribution < -0.4 is 4.74 Å². The molecule has 1 aliphatic rings. The number of rotatable bonds is 5. The summed E-state index contributed by atoms with van der Waals surface area (Å²) in [6.07, 6.45) is 7.29. The standard InChI is InChI=1S/C19H19N5O2/c25-19(9-15-5-1-3-7-21-15)23-11-16-10-20-14-24(16)17(12-23)13-26-18-6-2-4-8-22-18/h1-8,10,14,17H,9,11-13H2/t17-/m0/s1. The van der Waals surface area contributed by atoms with Crippen molar-refractivity contribution in [3.05, 3.63) is 72.7 Å². The Labute approximate surface area is 151 Å². The number of ether oxygens (including phenoxy) is 1. The van der Waals surface area contributed by atoms with E-state index >= 15 is 0 Å². The number of nitrogens with zero attached hydrogens (tertiary/aromatic N) is 5. The molecule has 4 heterocycles. The van der Waals surface area contributed by atoms with Gasteiger partial charge in [-0.1, -0.05) is 12.1 Å². The van der Waals surface area contributed by atoms with Crippen molar-refractivity contribution in [1.82, 2.24) is 24.4 Å². The van der Waals surface area contributed by atoms with Crippen molar-refractivity contribution in [2.45, 2.75) is 19.0 Å². The highest BCUT2D eigenvalue weighted by Crippen LogP contribution is 2.22. The van der Waals surface area contributed by atoms with Gasteiger partial charge < -0.3 is 14.2 Å². The molecule has 4 rings (SSSR count). The highest BCUT2D eigenvalue weighted by Gasteiger charge is 2.28. The second-order valence-electron chi connectivity index (χ2n) is 6.20. The molecule has 0 radical (unpaired) electrons. The lowest BCUT2D eigenvalue weighted by Crippen LogP contribution is -2.43. The van der Waals surface area contributed by atoms with Crippen molar-refractivity contribution < 1.29 is 9.53 Å². The second-order valence-corrected chi connectivity index (χ2v) is 6.20. The zero-order chi connectivity index (χ0) is 17.8. The van der Waals surface area contributed by atoms with Crippen molar-refractivity contribution in [1.29, 1.82) is 0 Å². The van der Waals surface area contributed by atoms with E-state index in [4.69, 9.17) is 4.74 Å². The molecule has 0 saturated heterocycles. The topological polar surface area (TPSA) is 73.1 Å². The SMILES string of the molecule is O=C(Cc1ccccn1)N1Cc2cncn2[C@H](COc2ccccn2)C1. The summed E-state index contributed by atoms with van der Waals surface area (Å²) in [6, 6.07) is 11.2. The summed E-state index contributed by atoms with van der Waals surface area (Å²) in [5.74, 6) is 0.630. The molecule has 0 spiro atoms. The number of hydrogen-bond donors (Lipinski definition) is 0. The Morgan fingerprint density at radius 1 is 1.15 bits per heavy atom. The maximum absolute atomic E-state index is 12.7. The van der Waals surface area contributed by atoms with Gasteiger partial charge in [-0.15, -0.1) is 0 Å². The quantitative estimate of drug-likeness (QED) is 0.703. The van der Waals surface area contributed by atoms with E-state index in [1.54, 1.807) is 24.9 Å². The van der Waals surface area contributed by atoms with Crippen LogP contribution in [0.4, 0.5) is 0 Å². The highest BCUT2D eigenvalue weighted by atomic mass is 16.5. The van der Waals surface area contributed by atoms with E-state index < -0.39 is 0 Å². The average Bonchev–Trinajstić information content (AvgIpc) is 3.16. The number of carbonyl (C=O) groups is 1. The molecule has 1 aliphatic heterocycles. The van der Waals surface area contributed by atoms with E-state index in [-0.39, 0.29) is 11.9 Å². The monoisotopic (exact) mass is 349 g/mol. The summed E-state index contributed by atoms with van der Waals surface area (Å²) in [4.78, 5) is 27.2. The van der Waals surface area contributed by atoms with Gasteiger partial charge in [0, 0.05) is 36.9 Å². The fourth-order valence-corrected chi connectivity index (χ4v) is 3.09. The van der Waals surface area contributed by atoms with E-state index in [1.165, 1.54) is 0 Å². The van der Waals surface area contributed by atoms with E-state index in [0.717, 1.165) is 11.4 Å². The minimum atomic E-state index is -0.00376. The normalized spacial score (nSPS) is 16.2. The van der Waals surface area contributed by atoms with E-state index in [2.05, 4.69) is 19.5 Å². The molecule has 0 fully saturated rings. The number of pyridine rings is 2. The zero-order valence-corrected chi connectivity index (χ0v) is 14.2. The molecule has 0 aromatic carbocycles. The molecule has 0 unspecified atom stereocenters. The van der Waals surface area contributed by atoms with Gasteiger partial charge in [0.15, 0.2) is 0 Å². The van der Waals surface area contributed by atoms with Crippen LogP contribution in [0.25, 0.3) is 0 Å². The van der Waals surface area contributed by atoms with Crippen LogP contribution in [0.5, 0.6) is 5.88 Å². The lowest BCUT2D eigenvalue weighted by Gasteiger charge is -2.34. The van der Waals surface area contributed by atoms with Gasteiger partial charge >= 0.3 is 0 Å². The van der Waals surface area contributed by atoms with E-state index in [0.29, 0.717) is 32.0 Å². The van der Waals surface area contributed by atoms with Gasteiger partial charge in [0.05, 0.1) is 31.0 Å². The van der Waals surface area contributed by atoms with Crippen LogP contribution in [0.1, 0.15) is 17.4 Å². The lowest BCUT2D eigenvalue weighted by atomic mass is 10.1. The maximum Gasteiger partial charge on any atom is 0.229 e. The molecular formula is C19H19N5O2. The Bertz CT molecular complexity index is 866. The second kappa shape index (κ2) is 7.35. The first kappa shape index (κ1) is 16.3. The van der Waals surface area contributed by atoms with Crippen LogP contribution in [0.2, 0.25) is 0 Å². The Hall–Kier alpha value is -3.22. The van der Waals surface area contributed by atoms with Crippen LogP contribution in [-0.4, -0.2) is 43.5 Å². The maximum atomic E-state index is 12.7. The molecule has 26 heavy (non-hydrogen) atoms. The average molecular weight is 349 g/mol. The Morgan fingerprint density at radius 2 is 2.00 bits per heavy atom. The largest absolute Gasteiger partial charge is 0.475 e. The molecule has 0 N–H and O–H groups in total. The summed E-state index contributed by atoms with van der Waals surface area (Å²) in [5, 5.41) is 0. The van der Waals surface area contributed by atoms with Crippen molar-refractivity contribution in [3.63, 3.8) is 0 Å². The molecule has 3 aromatic rings. The minimum absolute atomic E-state index is 0.00376. The molecule has 0 saturated carbocycles. The molecule has 7 heteroatoms. The summed E-state index contributed by atoms with van der Waals surface area (Å²) < 4.78 is 7.88. The van der Waals surface area contributed by atoms with Crippen LogP contribution in [0.15, 0.2) is 61.3 Å². The Balaban J connectivity index is 1.46. The number of fused-ring (bicyclic) bond motifs is 1. The Morgan fingerprint density at radius 3 is 2.77 bits per heavy atom. The van der Waals surface area contributed by atoms with Gasteiger partial charge in [-0.3, -0.25) is 9.78 Å². The van der Waals surface area contributed by atoms with Gasteiger partial charge in [-0.05, 0) is 18.2 Å². The number of hydrogen-bond acceptors (Lipinski definition) is 5. The van der Waals surface area contributed by atoms with Crippen LogP contribution in [0.3, 0.4) is 0 Å². The molecule has 7 nitrogen and oxygen atoms in total. The van der Waals surface area contributed by atoms with Crippen LogP contribution in [-0.2, 0) is 17.8 Å². The predicted octanol–water partition coefficient (Wildman–Crippen LogP) is 1.88. The third kappa shape index (κ3) is 3.56. The number of amides is 1. The van der Waals surface area contributed by atoms with E-state index in [1.807, 2.05) is 41.3 Å². The zero-order valence-electron chi connectivity index (χ0n) is 14.2. The molecule has 1 atom stereocenters. The first-order chi connectivity index (χ1) is 12.8. The predicted molar refractivity (Wildman–Crippen MR) is 94.4 cm³/mol. The van der Waals surface area contributed by atoms with Gasteiger partial charge in [0.2, 0.25) is 11.8 Å². The first-order valence-corrected chi connectivity index (χ1v) is 8.52. The summed E-state index contributed by atoms with van der Waals surface area (Å²) in [6.45, 7) is 1.54. The minimum Gasteiger partial charge on any atom is -0.475 e. The fraction of sp³-hybridized carbons (Fsp3) is 0.263. The van der Waals surface area contributed by atoms with Crippen molar-refractivity contribution >= 4 is 5.91 Å². The Kier molecular flexibility index (Phi) is 4.59. The number of imidazole rings is 1. The fourth-order valence-electron chi connectivity index (χ4n) is 3.09. The summed E-state index contributed by atoms with van der Waals surface area (Å²) in [7, 11) is 0. The molecule has 0 bridgehead atoms. The van der Waals surface area contributed by atoms with E-state index in [9.17, 15) is 4.79 Å². The summed E-state index contributed by atoms with van der Waals surface area (Å²) >= 11 is 0. The van der Waals surface area contributed by atoms with Gasteiger partial charge in [0.1, 0.15) is 6.61 Å². The third-order valence-corrected chi connectivity index (χ3v) is 4.40. The van der Waals surface area contributed by atoms with Gasteiger partial charge in [-0.25, -0.2) is 9.97 Å². The molecule has 1 amide bonds. The smallest absolute Gasteiger partial charge is 0.229 e. The highest BCUT2D eigenvalue weighted by molar-refractivity contribution is 5.78. The lowest BCUT2D eigenvalue weighted by molar-refractivity contribution is -0.132. The van der Waals surface area contributed by atoms with Gasteiger partial charge in [0.25, 0.3) is 0 Å². The van der Waals surface area contributed by atoms with Crippen molar-refractivity contribution in [2.24, 2.45) is 0 Å². The molecule has 0 aliphatic carbocycles. The van der Waals surface area contributed by atoms with Gasteiger partial charge in [-0.2, -0.15) is 0 Å².